The number of carbonyl (C=O) groups excluding carboxylic acids is 1. The highest BCUT2D eigenvalue weighted by Gasteiger charge is 2.29. The van der Waals surface area contributed by atoms with E-state index in [-0.39, 0.29) is 23.0 Å². The van der Waals surface area contributed by atoms with Crippen LogP contribution < -0.4 is 14.8 Å². The van der Waals surface area contributed by atoms with Crippen molar-refractivity contribution in [1.82, 2.24) is 4.72 Å². The van der Waals surface area contributed by atoms with Crippen molar-refractivity contribution >= 4 is 33.4 Å². The number of rotatable bonds is 11. The molecule has 0 aliphatic rings. The molecular formula is C31H32N2O4S2. The summed E-state index contributed by atoms with van der Waals surface area (Å²) in [6.45, 7) is 3.98. The molecular weight excluding hydrogens is 528 g/mol. The van der Waals surface area contributed by atoms with Crippen LogP contribution in [0.15, 0.2) is 118 Å². The van der Waals surface area contributed by atoms with Crippen LogP contribution in [-0.2, 0) is 21.2 Å². The summed E-state index contributed by atoms with van der Waals surface area (Å²) < 4.78 is 35.4. The first-order valence-corrected chi connectivity index (χ1v) is 14.9. The van der Waals surface area contributed by atoms with Gasteiger partial charge in [0.05, 0.1) is 12.8 Å². The molecule has 8 heteroatoms. The van der Waals surface area contributed by atoms with Crippen molar-refractivity contribution in [2.75, 3.05) is 12.4 Å². The van der Waals surface area contributed by atoms with Crippen molar-refractivity contribution in [3.8, 4) is 5.75 Å². The number of sulfonamides is 1. The Labute approximate surface area is 234 Å². The Bertz CT molecular complexity index is 1510. The molecule has 0 bridgehead atoms. The highest BCUT2D eigenvalue weighted by Crippen LogP contribution is 2.33. The van der Waals surface area contributed by atoms with E-state index in [1.165, 1.54) is 18.9 Å². The van der Waals surface area contributed by atoms with Crippen LogP contribution in [0.3, 0.4) is 0 Å². The first kappa shape index (κ1) is 28.4. The minimum absolute atomic E-state index is 0.00194. The summed E-state index contributed by atoms with van der Waals surface area (Å²) in [7, 11) is -2.69. The molecule has 0 heterocycles. The fourth-order valence-electron chi connectivity index (χ4n) is 4.05. The van der Waals surface area contributed by atoms with E-state index < -0.39 is 22.0 Å². The van der Waals surface area contributed by atoms with Crippen molar-refractivity contribution in [1.29, 1.82) is 0 Å². The van der Waals surface area contributed by atoms with Crippen LogP contribution >= 0.6 is 11.8 Å². The number of hydrogen-bond acceptors (Lipinski definition) is 5. The Morgan fingerprint density at radius 1 is 0.872 bits per heavy atom. The molecule has 0 spiro atoms. The van der Waals surface area contributed by atoms with E-state index in [1.54, 1.807) is 12.1 Å². The third kappa shape index (κ3) is 7.50. The van der Waals surface area contributed by atoms with Crippen LogP contribution in [0.2, 0.25) is 0 Å². The molecule has 0 saturated carbocycles. The number of amides is 1. The number of nitrogens with one attached hydrogen (secondary N) is 2. The molecule has 1 amide bonds. The number of methoxy groups -OCH3 is 1. The lowest BCUT2D eigenvalue weighted by molar-refractivity contribution is -0.117. The smallest absolute Gasteiger partial charge is 0.245 e. The quantitative estimate of drug-likeness (QED) is 0.219. The van der Waals surface area contributed by atoms with Crippen molar-refractivity contribution in [3.63, 3.8) is 0 Å². The van der Waals surface area contributed by atoms with Gasteiger partial charge in [0.15, 0.2) is 0 Å². The first-order valence-electron chi connectivity index (χ1n) is 12.6. The average Bonchev–Trinajstić information content (AvgIpc) is 2.94. The van der Waals surface area contributed by atoms with Crippen LogP contribution in [0.4, 0.5) is 5.69 Å². The van der Waals surface area contributed by atoms with E-state index >= 15 is 0 Å². The minimum atomic E-state index is -4.12. The summed E-state index contributed by atoms with van der Waals surface area (Å²) >= 11 is 1.52. The van der Waals surface area contributed by atoms with E-state index in [0.29, 0.717) is 5.69 Å². The fraction of sp³-hybridized carbons (Fsp3) is 0.194. The zero-order valence-corrected chi connectivity index (χ0v) is 23.8. The van der Waals surface area contributed by atoms with Gasteiger partial charge in [0, 0.05) is 9.79 Å². The van der Waals surface area contributed by atoms with Crippen molar-refractivity contribution in [2.24, 2.45) is 0 Å². The predicted octanol–water partition coefficient (Wildman–Crippen LogP) is 6.50. The lowest BCUT2D eigenvalue weighted by Crippen LogP contribution is -2.45. The molecule has 39 heavy (non-hydrogen) atoms. The normalized spacial score (nSPS) is 12.2. The highest BCUT2D eigenvalue weighted by atomic mass is 32.2. The molecule has 0 aliphatic carbocycles. The third-order valence-electron chi connectivity index (χ3n) is 6.16. The van der Waals surface area contributed by atoms with Gasteiger partial charge in [-0.15, -0.1) is 0 Å². The van der Waals surface area contributed by atoms with Crippen LogP contribution in [0.25, 0.3) is 0 Å². The summed E-state index contributed by atoms with van der Waals surface area (Å²) in [5.41, 5.74) is 2.29. The molecule has 1 atom stereocenters. The number of benzene rings is 4. The highest BCUT2D eigenvalue weighted by molar-refractivity contribution is 7.99. The fourth-order valence-corrected chi connectivity index (χ4v) is 6.37. The molecule has 0 radical (unpaired) electrons. The molecule has 4 rings (SSSR count). The van der Waals surface area contributed by atoms with Gasteiger partial charge in [-0.3, -0.25) is 4.79 Å². The van der Waals surface area contributed by atoms with Crippen molar-refractivity contribution in [2.45, 2.75) is 46.9 Å². The van der Waals surface area contributed by atoms with E-state index in [4.69, 9.17) is 4.74 Å². The summed E-state index contributed by atoms with van der Waals surface area (Å²) in [5.74, 6) is -0.121. The van der Waals surface area contributed by atoms with Crippen LogP contribution in [0.1, 0.15) is 30.9 Å². The second-order valence-electron chi connectivity index (χ2n) is 9.33. The SMILES string of the molecule is COc1ccc(C(C)C)cc1S(=O)(=O)NC(Cc1ccccc1)C(=O)Nc1ccccc1Sc1ccccc1. The van der Waals surface area contributed by atoms with Gasteiger partial charge in [0.1, 0.15) is 16.7 Å². The number of anilines is 1. The second kappa shape index (κ2) is 13.0. The van der Waals surface area contributed by atoms with E-state index in [9.17, 15) is 13.2 Å². The van der Waals surface area contributed by atoms with Gasteiger partial charge in [-0.1, -0.05) is 92.3 Å². The Balaban J connectivity index is 1.65. The largest absolute Gasteiger partial charge is 0.495 e. The first-order chi connectivity index (χ1) is 18.8. The molecule has 6 nitrogen and oxygen atoms in total. The molecule has 0 saturated heterocycles. The van der Waals surface area contributed by atoms with Crippen molar-refractivity contribution in [3.05, 3.63) is 114 Å². The monoisotopic (exact) mass is 560 g/mol. The van der Waals surface area contributed by atoms with Crippen molar-refractivity contribution < 1.29 is 17.9 Å². The van der Waals surface area contributed by atoms with Gasteiger partial charge >= 0.3 is 0 Å². The maximum Gasteiger partial charge on any atom is 0.245 e. The molecule has 2 N–H and O–H groups in total. The van der Waals surface area contributed by atoms with E-state index in [2.05, 4.69) is 10.0 Å². The lowest BCUT2D eigenvalue weighted by Gasteiger charge is -2.21. The van der Waals surface area contributed by atoms with Gasteiger partial charge in [0.2, 0.25) is 15.9 Å². The maximum atomic E-state index is 13.7. The van der Waals surface area contributed by atoms with Gasteiger partial charge < -0.3 is 10.1 Å². The Hall–Kier alpha value is -3.59. The maximum absolute atomic E-state index is 13.7. The average molecular weight is 561 g/mol. The molecule has 1 unspecified atom stereocenters. The molecule has 4 aromatic carbocycles. The van der Waals surface area contributed by atoms with Gasteiger partial charge in [0.25, 0.3) is 0 Å². The number of hydrogen-bond donors (Lipinski definition) is 2. The molecule has 4 aromatic rings. The molecule has 0 aromatic heterocycles. The molecule has 202 valence electrons. The lowest BCUT2D eigenvalue weighted by atomic mass is 10.0. The summed E-state index contributed by atoms with van der Waals surface area (Å²) in [6.07, 6.45) is 0.173. The summed E-state index contributed by atoms with van der Waals surface area (Å²) in [4.78, 5) is 15.6. The van der Waals surface area contributed by atoms with Gasteiger partial charge in [-0.05, 0) is 59.9 Å². The zero-order chi connectivity index (χ0) is 27.8. The van der Waals surface area contributed by atoms with E-state index in [0.717, 1.165) is 20.9 Å². The van der Waals surface area contributed by atoms with Crippen LogP contribution in [-0.4, -0.2) is 27.5 Å². The minimum Gasteiger partial charge on any atom is -0.495 e. The Kier molecular flexibility index (Phi) is 9.45. The number of para-hydroxylation sites is 1. The van der Waals surface area contributed by atoms with Crippen LogP contribution in [0.5, 0.6) is 5.75 Å². The van der Waals surface area contributed by atoms with Gasteiger partial charge in [-0.25, -0.2) is 8.42 Å². The number of carbonyl (C=O) groups is 1. The van der Waals surface area contributed by atoms with E-state index in [1.807, 2.05) is 105 Å². The summed E-state index contributed by atoms with van der Waals surface area (Å²) in [5, 5.41) is 2.97. The third-order valence-corrected chi connectivity index (χ3v) is 8.73. The Morgan fingerprint density at radius 3 is 2.18 bits per heavy atom. The Morgan fingerprint density at radius 2 is 1.51 bits per heavy atom. The van der Waals surface area contributed by atoms with Crippen LogP contribution in [0, 0.1) is 0 Å². The molecule has 0 aliphatic heterocycles. The predicted molar refractivity (Wildman–Crippen MR) is 157 cm³/mol. The molecule has 0 fully saturated rings. The summed E-state index contributed by atoms with van der Waals surface area (Å²) in [6, 6.07) is 30.7. The number of ether oxygens (including phenoxy) is 1. The topological polar surface area (TPSA) is 84.5 Å². The standard InChI is InChI=1S/C31H32N2O4S2/c1-22(2)24-18-19-28(37-3)30(21-24)39(35,36)33-27(20-23-12-6-4-7-13-23)31(34)32-26-16-10-11-17-29(26)38-25-14-8-5-9-15-25/h4-19,21-22,27,33H,20H2,1-3H3,(H,32,34). The van der Waals surface area contributed by atoms with Gasteiger partial charge in [-0.2, -0.15) is 4.72 Å². The zero-order valence-electron chi connectivity index (χ0n) is 22.1. The second-order valence-corrected chi connectivity index (χ2v) is 12.1.